The van der Waals surface area contributed by atoms with Gasteiger partial charge in [-0.05, 0) is 18.6 Å². The molecule has 0 saturated heterocycles. The number of hydrogen-bond donors (Lipinski definition) is 2. The van der Waals surface area contributed by atoms with E-state index in [9.17, 15) is 9.59 Å². The van der Waals surface area contributed by atoms with Gasteiger partial charge in [0.1, 0.15) is 16.8 Å². The number of ether oxygens (including phenoxy) is 1. The zero-order valence-corrected chi connectivity index (χ0v) is 14.8. The molecule has 0 radical (unpaired) electrons. The average Bonchev–Trinajstić information content (AvgIpc) is 3.06. The molecule has 24 heavy (non-hydrogen) atoms. The minimum atomic E-state index is -0.510. The van der Waals surface area contributed by atoms with Crippen molar-refractivity contribution in [1.82, 2.24) is 15.6 Å². The van der Waals surface area contributed by atoms with Gasteiger partial charge in [0.05, 0.1) is 19.2 Å². The van der Waals surface area contributed by atoms with Crippen molar-refractivity contribution >= 4 is 23.2 Å². The highest BCUT2D eigenvalue weighted by Crippen LogP contribution is 2.32. The number of aromatic nitrogens is 1. The van der Waals surface area contributed by atoms with Crippen molar-refractivity contribution in [1.29, 1.82) is 0 Å². The molecule has 0 saturated carbocycles. The molecule has 0 aliphatic heterocycles. The molecule has 0 aliphatic rings. The van der Waals surface area contributed by atoms with E-state index >= 15 is 0 Å². The van der Waals surface area contributed by atoms with E-state index in [1.54, 1.807) is 13.3 Å². The Morgan fingerprint density at radius 3 is 2.75 bits per heavy atom. The summed E-state index contributed by atoms with van der Waals surface area (Å²) in [6.07, 6.45) is 2.28. The molecule has 1 atom stereocenters. The molecule has 2 rings (SSSR count). The van der Waals surface area contributed by atoms with Crippen molar-refractivity contribution in [3.63, 3.8) is 0 Å². The lowest BCUT2D eigenvalue weighted by molar-refractivity contribution is -0.128. The topological polar surface area (TPSA) is 80.3 Å². The Morgan fingerprint density at radius 2 is 2.08 bits per heavy atom. The van der Waals surface area contributed by atoms with Gasteiger partial charge < -0.3 is 15.4 Å². The number of carbonyl (C=O) groups excluding carboxylic acids is 2. The van der Waals surface area contributed by atoms with Gasteiger partial charge in [0.15, 0.2) is 0 Å². The first-order valence-electron chi connectivity index (χ1n) is 7.68. The van der Waals surface area contributed by atoms with Gasteiger partial charge >= 0.3 is 0 Å². The predicted molar refractivity (Wildman–Crippen MR) is 93.8 cm³/mol. The van der Waals surface area contributed by atoms with Gasteiger partial charge in [-0.3, -0.25) is 9.59 Å². The Bertz CT molecular complexity index is 715. The summed E-state index contributed by atoms with van der Waals surface area (Å²) in [4.78, 5) is 28.5. The largest absolute Gasteiger partial charge is 0.496 e. The van der Waals surface area contributed by atoms with Crippen molar-refractivity contribution in [3.8, 4) is 16.3 Å². The van der Waals surface area contributed by atoms with E-state index in [1.165, 1.54) is 18.3 Å². The Labute approximate surface area is 145 Å². The van der Waals surface area contributed by atoms with Gasteiger partial charge in [-0.25, -0.2) is 4.98 Å². The van der Waals surface area contributed by atoms with Crippen LogP contribution in [0, 0.1) is 0 Å². The van der Waals surface area contributed by atoms with Crippen molar-refractivity contribution < 1.29 is 14.3 Å². The molecule has 2 N–H and O–H groups in total. The Hall–Kier alpha value is -2.41. The lowest BCUT2D eigenvalue weighted by atomic mass is 10.2. The molecule has 0 unspecified atom stereocenters. The lowest BCUT2D eigenvalue weighted by Gasteiger charge is -2.15. The fraction of sp³-hybridized carbons (Fsp3) is 0.353. The molecule has 1 aromatic carbocycles. The molecule has 0 fully saturated rings. The predicted octanol–water partition coefficient (Wildman–Crippen LogP) is 2.35. The third-order valence-electron chi connectivity index (χ3n) is 3.43. The summed E-state index contributed by atoms with van der Waals surface area (Å²) < 4.78 is 5.35. The summed E-state index contributed by atoms with van der Waals surface area (Å²) in [6, 6.07) is 7.16. The molecule has 2 aromatic rings. The Balaban J connectivity index is 2.01. The third kappa shape index (κ3) is 4.55. The minimum absolute atomic E-state index is 0.194. The molecule has 6 nitrogen and oxygen atoms in total. The quantitative estimate of drug-likeness (QED) is 0.806. The van der Waals surface area contributed by atoms with Crippen molar-refractivity contribution in [3.05, 3.63) is 35.3 Å². The van der Waals surface area contributed by atoms with Gasteiger partial charge in [-0.2, -0.15) is 0 Å². The first-order valence-corrected chi connectivity index (χ1v) is 8.49. The molecular weight excluding hydrogens is 326 g/mol. The summed E-state index contributed by atoms with van der Waals surface area (Å²) in [5, 5.41) is 6.30. The number of benzene rings is 1. The molecule has 0 spiro atoms. The summed E-state index contributed by atoms with van der Waals surface area (Å²) >= 11 is 1.50. The lowest BCUT2D eigenvalue weighted by Crippen LogP contribution is -2.45. The van der Waals surface area contributed by atoms with E-state index in [0.29, 0.717) is 13.0 Å². The highest BCUT2D eigenvalue weighted by atomic mass is 32.1. The van der Waals surface area contributed by atoms with Crippen LogP contribution in [-0.4, -0.2) is 29.9 Å². The van der Waals surface area contributed by atoms with Gasteiger partial charge in [0, 0.05) is 18.0 Å². The van der Waals surface area contributed by atoms with Crippen LogP contribution in [0.1, 0.15) is 25.1 Å². The molecule has 128 valence electrons. The van der Waals surface area contributed by atoms with Crippen LogP contribution in [-0.2, 0) is 16.1 Å². The number of amides is 2. The number of thiazole rings is 1. The van der Waals surface area contributed by atoms with Gasteiger partial charge in [-0.1, -0.05) is 19.1 Å². The van der Waals surface area contributed by atoms with Crippen molar-refractivity contribution in [2.24, 2.45) is 0 Å². The summed E-state index contributed by atoms with van der Waals surface area (Å²) in [7, 11) is 1.63. The molecule has 7 heteroatoms. The Kier molecular flexibility index (Phi) is 6.31. The molecule has 1 aromatic heterocycles. The molecular formula is C17H21N3O3S. The number of methoxy groups -OCH3 is 1. The molecule has 2 amide bonds. The normalized spacial score (nSPS) is 11.6. The summed E-state index contributed by atoms with van der Waals surface area (Å²) in [5.41, 5.74) is 0.923. The first kappa shape index (κ1) is 17.9. The maximum absolute atomic E-state index is 12.1. The highest BCUT2D eigenvalue weighted by molar-refractivity contribution is 7.15. The van der Waals surface area contributed by atoms with Gasteiger partial charge in [0.25, 0.3) is 0 Å². The molecule has 1 heterocycles. The van der Waals surface area contributed by atoms with E-state index in [4.69, 9.17) is 4.74 Å². The standard InChI is InChI=1S/C17H21N3O3S/c1-4-14(20-11(2)21)16(22)18-9-12-10-19-17(24-12)13-7-5-6-8-15(13)23-3/h5-8,10,14H,4,9H2,1-3H3,(H,18,22)(H,20,21)/t14-/m1/s1. The summed E-state index contributed by atoms with van der Waals surface area (Å²) in [5.74, 6) is 0.354. The van der Waals surface area contributed by atoms with Crippen molar-refractivity contribution in [2.45, 2.75) is 32.9 Å². The van der Waals surface area contributed by atoms with E-state index in [1.807, 2.05) is 31.2 Å². The number of carbonyl (C=O) groups is 2. The number of nitrogens with one attached hydrogen (secondary N) is 2. The van der Waals surface area contributed by atoms with Crippen LogP contribution in [0.3, 0.4) is 0 Å². The third-order valence-corrected chi connectivity index (χ3v) is 4.46. The van der Waals surface area contributed by atoms with Crippen LogP contribution >= 0.6 is 11.3 Å². The summed E-state index contributed by atoms with van der Waals surface area (Å²) in [6.45, 7) is 3.63. The minimum Gasteiger partial charge on any atom is -0.496 e. The van der Waals surface area contributed by atoms with E-state index in [2.05, 4.69) is 15.6 Å². The maximum Gasteiger partial charge on any atom is 0.242 e. The Morgan fingerprint density at radius 1 is 1.33 bits per heavy atom. The SMILES string of the molecule is CC[C@@H](NC(C)=O)C(=O)NCc1cnc(-c2ccccc2OC)s1. The molecule has 0 bridgehead atoms. The smallest absolute Gasteiger partial charge is 0.242 e. The highest BCUT2D eigenvalue weighted by Gasteiger charge is 2.17. The zero-order chi connectivity index (χ0) is 17.5. The fourth-order valence-corrected chi connectivity index (χ4v) is 3.11. The average molecular weight is 347 g/mol. The second-order valence-electron chi connectivity index (χ2n) is 5.21. The van der Waals surface area contributed by atoms with E-state index < -0.39 is 6.04 Å². The van der Waals surface area contributed by atoms with Crippen molar-refractivity contribution in [2.75, 3.05) is 7.11 Å². The van der Waals surface area contributed by atoms with E-state index in [-0.39, 0.29) is 11.8 Å². The van der Waals surface area contributed by atoms with Crippen LogP contribution in [0.15, 0.2) is 30.5 Å². The van der Waals surface area contributed by atoms with Crippen LogP contribution in [0.5, 0.6) is 5.75 Å². The van der Waals surface area contributed by atoms with Gasteiger partial charge in [0.2, 0.25) is 11.8 Å². The molecule has 0 aliphatic carbocycles. The second kappa shape index (κ2) is 8.44. The van der Waals surface area contributed by atoms with Crippen LogP contribution in [0.2, 0.25) is 0 Å². The van der Waals surface area contributed by atoms with Crippen LogP contribution in [0.25, 0.3) is 10.6 Å². The number of para-hydroxylation sites is 1. The number of nitrogens with zero attached hydrogens (tertiary/aromatic N) is 1. The van der Waals surface area contributed by atoms with Gasteiger partial charge in [-0.15, -0.1) is 11.3 Å². The zero-order valence-electron chi connectivity index (χ0n) is 14.0. The number of hydrogen-bond acceptors (Lipinski definition) is 5. The second-order valence-corrected chi connectivity index (χ2v) is 6.33. The van der Waals surface area contributed by atoms with Crippen LogP contribution < -0.4 is 15.4 Å². The fourth-order valence-electron chi connectivity index (χ4n) is 2.23. The maximum atomic E-state index is 12.1. The van der Waals surface area contributed by atoms with Crippen LogP contribution in [0.4, 0.5) is 0 Å². The first-order chi connectivity index (χ1) is 11.5. The number of rotatable bonds is 7. The monoisotopic (exact) mass is 347 g/mol. The van der Waals surface area contributed by atoms with E-state index in [0.717, 1.165) is 21.2 Å².